The number of nitrogens with zero attached hydrogens (tertiary/aromatic N) is 1. The molecule has 0 aromatic heterocycles. The average Bonchev–Trinajstić information content (AvgIpc) is 2.70. The molecule has 1 heterocycles. The number of methoxy groups -OCH3 is 1. The summed E-state index contributed by atoms with van der Waals surface area (Å²) in [5.74, 6) is 0.429. The van der Waals surface area contributed by atoms with Crippen LogP contribution in [0.1, 0.15) is 41.6 Å². The van der Waals surface area contributed by atoms with E-state index in [4.69, 9.17) is 4.74 Å². The maximum absolute atomic E-state index is 12.9. The first-order valence-electron chi connectivity index (χ1n) is 9.39. The number of piperidine rings is 1. The number of carbonyl (C=O) groups is 1. The highest BCUT2D eigenvalue weighted by molar-refractivity contribution is 5.95. The zero-order chi connectivity index (χ0) is 19.3. The predicted molar refractivity (Wildman–Crippen MR) is 103 cm³/mol. The van der Waals surface area contributed by atoms with Gasteiger partial charge in [-0.25, -0.2) is 4.39 Å². The summed E-state index contributed by atoms with van der Waals surface area (Å²) in [5.41, 5.74) is 0.534. The van der Waals surface area contributed by atoms with Gasteiger partial charge in [0.15, 0.2) is 5.78 Å². The number of hydrogen-bond donors (Lipinski definition) is 1. The number of halogens is 1. The number of Topliss-reactive ketones (excluding diaryl/α,β-unsaturated/α-hetero) is 1. The third-order valence-electron chi connectivity index (χ3n) is 5.34. The lowest BCUT2D eigenvalue weighted by atomic mass is 9.84. The van der Waals surface area contributed by atoms with E-state index in [-0.39, 0.29) is 11.6 Å². The SMILES string of the molecule is COc1ccccc1C1(O)CCN(CCCC(=O)c2ccc(F)cc2)CC1. The van der Waals surface area contributed by atoms with Gasteiger partial charge in [-0.05, 0) is 56.1 Å². The normalized spacial score (nSPS) is 16.9. The number of hydrogen-bond acceptors (Lipinski definition) is 4. The Kier molecular flexibility index (Phi) is 6.24. The van der Waals surface area contributed by atoms with Gasteiger partial charge in [0, 0.05) is 30.6 Å². The number of carbonyl (C=O) groups excluding carboxylic acids is 1. The summed E-state index contributed by atoms with van der Waals surface area (Å²) < 4.78 is 18.3. The molecule has 1 saturated heterocycles. The van der Waals surface area contributed by atoms with Crippen molar-refractivity contribution in [2.45, 2.75) is 31.3 Å². The van der Waals surface area contributed by atoms with Gasteiger partial charge in [0.2, 0.25) is 0 Å². The van der Waals surface area contributed by atoms with Crippen molar-refractivity contribution in [1.29, 1.82) is 0 Å². The van der Waals surface area contributed by atoms with Crippen LogP contribution in [0.3, 0.4) is 0 Å². The Labute approximate surface area is 159 Å². The van der Waals surface area contributed by atoms with Crippen molar-refractivity contribution in [2.75, 3.05) is 26.7 Å². The summed E-state index contributed by atoms with van der Waals surface area (Å²) in [6.45, 7) is 2.37. The van der Waals surface area contributed by atoms with Crippen molar-refractivity contribution in [1.82, 2.24) is 4.90 Å². The largest absolute Gasteiger partial charge is 0.496 e. The fourth-order valence-corrected chi connectivity index (χ4v) is 3.69. The summed E-state index contributed by atoms with van der Waals surface area (Å²) in [4.78, 5) is 14.4. The lowest BCUT2D eigenvalue weighted by Crippen LogP contribution is -2.43. The van der Waals surface area contributed by atoms with Gasteiger partial charge in [-0.2, -0.15) is 0 Å². The molecule has 0 aliphatic carbocycles. The van der Waals surface area contributed by atoms with Gasteiger partial charge >= 0.3 is 0 Å². The first kappa shape index (κ1) is 19.5. The maximum atomic E-state index is 12.9. The molecule has 1 fully saturated rings. The van der Waals surface area contributed by atoms with Crippen molar-refractivity contribution in [3.05, 3.63) is 65.5 Å². The van der Waals surface area contributed by atoms with E-state index in [1.54, 1.807) is 7.11 Å². The number of aliphatic hydroxyl groups is 1. The molecule has 1 aliphatic heterocycles. The molecule has 1 aliphatic rings. The van der Waals surface area contributed by atoms with Gasteiger partial charge < -0.3 is 14.7 Å². The number of ether oxygens (including phenoxy) is 1. The first-order chi connectivity index (χ1) is 13.0. The summed E-state index contributed by atoms with van der Waals surface area (Å²) in [5, 5.41) is 11.1. The molecular formula is C22H26FNO3. The van der Waals surface area contributed by atoms with E-state index in [0.29, 0.717) is 24.8 Å². The van der Waals surface area contributed by atoms with Gasteiger partial charge in [-0.3, -0.25) is 4.79 Å². The zero-order valence-electron chi connectivity index (χ0n) is 15.7. The maximum Gasteiger partial charge on any atom is 0.162 e. The third-order valence-corrected chi connectivity index (χ3v) is 5.34. The van der Waals surface area contributed by atoms with E-state index in [1.807, 2.05) is 24.3 Å². The van der Waals surface area contributed by atoms with E-state index in [1.165, 1.54) is 24.3 Å². The van der Waals surface area contributed by atoms with Gasteiger partial charge in [-0.1, -0.05) is 18.2 Å². The van der Waals surface area contributed by atoms with Crippen LogP contribution < -0.4 is 4.74 Å². The van der Waals surface area contributed by atoms with Crippen LogP contribution in [0, 0.1) is 5.82 Å². The standard InChI is InChI=1S/C22H26FNO3/c1-27-21-7-3-2-5-19(21)22(26)12-15-24(16-13-22)14-4-6-20(25)17-8-10-18(23)11-9-17/h2-3,5,7-11,26H,4,6,12-16H2,1H3. The lowest BCUT2D eigenvalue weighted by Gasteiger charge is -2.39. The van der Waals surface area contributed by atoms with Crippen LogP contribution in [0.15, 0.2) is 48.5 Å². The molecule has 0 spiro atoms. The Morgan fingerprint density at radius 1 is 1.15 bits per heavy atom. The molecule has 0 bridgehead atoms. The fourth-order valence-electron chi connectivity index (χ4n) is 3.69. The third kappa shape index (κ3) is 4.73. The molecule has 2 aromatic carbocycles. The van der Waals surface area contributed by atoms with Crippen molar-refractivity contribution >= 4 is 5.78 Å². The van der Waals surface area contributed by atoms with Crippen molar-refractivity contribution < 1.29 is 19.0 Å². The van der Waals surface area contributed by atoms with Crippen molar-refractivity contribution in [3.63, 3.8) is 0 Å². The van der Waals surface area contributed by atoms with Crippen molar-refractivity contribution in [2.24, 2.45) is 0 Å². The Hall–Kier alpha value is -2.24. The van der Waals surface area contributed by atoms with E-state index < -0.39 is 5.60 Å². The number of para-hydroxylation sites is 1. The van der Waals surface area contributed by atoms with Crippen LogP contribution in [0.5, 0.6) is 5.75 Å². The van der Waals surface area contributed by atoms with E-state index in [2.05, 4.69) is 4.90 Å². The Morgan fingerprint density at radius 2 is 1.81 bits per heavy atom. The second-order valence-corrected chi connectivity index (χ2v) is 7.11. The Balaban J connectivity index is 1.48. The molecule has 0 atom stereocenters. The monoisotopic (exact) mass is 371 g/mol. The Bertz CT molecular complexity index is 767. The smallest absolute Gasteiger partial charge is 0.162 e. The molecule has 2 aromatic rings. The molecule has 27 heavy (non-hydrogen) atoms. The minimum Gasteiger partial charge on any atom is -0.496 e. The molecule has 3 rings (SSSR count). The lowest BCUT2D eigenvalue weighted by molar-refractivity contribution is -0.0275. The van der Waals surface area contributed by atoms with E-state index >= 15 is 0 Å². The molecule has 0 unspecified atom stereocenters. The van der Waals surface area contributed by atoms with Crippen LogP contribution in [-0.4, -0.2) is 42.5 Å². The molecule has 0 amide bonds. The van der Waals surface area contributed by atoms with Crippen molar-refractivity contribution in [3.8, 4) is 5.75 Å². The molecule has 4 nitrogen and oxygen atoms in total. The van der Waals surface area contributed by atoms with Crippen LogP contribution >= 0.6 is 0 Å². The molecular weight excluding hydrogens is 345 g/mol. The second-order valence-electron chi connectivity index (χ2n) is 7.11. The summed E-state index contributed by atoms with van der Waals surface area (Å²) in [6.07, 6.45) is 2.47. The minimum atomic E-state index is -0.868. The highest BCUT2D eigenvalue weighted by Gasteiger charge is 2.35. The average molecular weight is 371 g/mol. The summed E-state index contributed by atoms with van der Waals surface area (Å²) >= 11 is 0. The highest BCUT2D eigenvalue weighted by Crippen LogP contribution is 2.37. The first-order valence-corrected chi connectivity index (χ1v) is 9.39. The predicted octanol–water partition coefficient (Wildman–Crippen LogP) is 3.78. The van der Waals surface area contributed by atoms with Gasteiger partial charge in [0.1, 0.15) is 11.6 Å². The van der Waals surface area contributed by atoms with Gasteiger partial charge in [0.05, 0.1) is 12.7 Å². The van der Waals surface area contributed by atoms with E-state index in [9.17, 15) is 14.3 Å². The quantitative estimate of drug-likeness (QED) is 0.753. The summed E-state index contributed by atoms with van der Waals surface area (Å²) in [7, 11) is 1.62. The summed E-state index contributed by atoms with van der Waals surface area (Å²) in [6, 6.07) is 13.3. The van der Waals surface area contributed by atoms with Crippen LogP contribution in [0.4, 0.5) is 4.39 Å². The molecule has 0 radical (unpaired) electrons. The zero-order valence-corrected chi connectivity index (χ0v) is 15.7. The topological polar surface area (TPSA) is 49.8 Å². The Morgan fingerprint density at radius 3 is 2.48 bits per heavy atom. The minimum absolute atomic E-state index is 0.0394. The van der Waals surface area contributed by atoms with Gasteiger partial charge in [0.25, 0.3) is 0 Å². The second kappa shape index (κ2) is 8.63. The molecule has 5 heteroatoms. The van der Waals surface area contributed by atoms with Gasteiger partial charge in [-0.15, -0.1) is 0 Å². The molecule has 144 valence electrons. The van der Waals surface area contributed by atoms with Crippen LogP contribution in [0.25, 0.3) is 0 Å². The van der Waals surface area contributed by atoms with Crippen LogP contribution in [-0.2, 0) is 5.60 Å². The number of likely N-dealkylation sites (tertiary alicyclic amines) is 1. The number of ketones is 1. The van der Waals surface area contributed by atoms with Crippen LogP contribution in [0.2, 0.25) is 0 Å². The molecule has 0 saturated carbocycles. The number of benzene rings is 2. The van der Waals surface area contributed by atoms with E-state index in [0.717, 1.165) is 37.4 Å². The fraction of sp³-hybridized carbons (Fsp3) is 0.409. The number of rotatable bonds is 7. The highest BCUT2D eigenvalue weighted by atomic mass is 19.1. The molecule has 1 N–H and O–H groups in total.